The van der Waals surface area contributed by atoms with Crippen LogP contribution in [0.3, 0.4) is 0 Å². The zero-order chi connectivity index (χ0) is 26.0. The van der Waals surface area contributed by atoms with E-state index in [0.717, 1.165) is 11.3 Å². The molecule has 1 heterocycles. The van der Waals surface area contributed by atoms with Gasteiger partial charge in [0.25, 0.3) is 0 Å². The molecule has 186 valence electrons. The van der Waals surface area contributed by atoms with Crippen LogP contribution < -0.4 is 4.74 Å². The normalized spacial score (nSPS) is 11.1. The average Bonchev–Trinajstić information content (AvgIpc) is 2.84. The highest BCUT2D eigenvalue weighted by Crippen LogP contribution is 2.40. The minimum absolute atomic E-state index is 0.116. The molecule has 2 rings (SSSR count). The number of aromatic nitrogens is 1. The number of benzene rings is 1. The zero-order valence-corrected chi connectivity index (χ0v) is 22.9. The topological polar surface area (TPSA) is 68.7 Å². The maximum atomic E-state index is 11.8. The second-order valence-corrected chi connectivity index (χ2v) is 15.0. The monoisotopic (exact) mass is 491 g/mol. The third kappa shape index (κ3) is 7.46. The molecule has 1 N–H and O–H groups in total. The van der Waals surface area contributed by atoms with Crippen LogP contribution in [0.15, 0.2) is 36.4 Å². The Morgan fingerprint density at radius 2 is 1.57 bits per heavy atom. The molecular weight excluding hydrogens is 454 g/mol. The van der Waals surface area contributed by atoms with E-state index in [0.29, 0.717) is 40.9 Å². The number of aliphatic hydroxyl groups excluding tert-OH is 1. The number of ether oxygens (including phenoxy) is 2. The number of carbonyl (C=O) groups excluding carboxylic acids is 1. The van der Waals surface area contributed by atoms with Crippen LogP contribution in [-0.4, -0.2) is 37.9 Å². The second kappa shape index (κ2) is 13.1. The van der Waals surface area contributed by atoms with Gasteiger partial charge in [-0.05, 0) is 53.0 Å². The van der Waals surface area contributed by atoms with Crippen molar-refractivity contribution >= 4 is 14.0 Å². The summed E-state index contributed by atoms with van der Waals surface area (Å²) in [4.78, 5) is 15.8. The van der Waals surface area contributed by atoms with Crippen molar-refractivity contribution in [1.29, 1.82) is 0 Å². The highest BCUT2D eigenvalue weighted by Gasteiger charge is 2.41. The van der Waals surface area contributed by atoms with E-state index in [-0.39, 0.29) is 12.3 Å². The van der Waals surface area contributed by atoms with Crippen molar-refractivity contribution < 1.29 is 19.4 Å². The number of esters is 1. The van der Waals surface area contributed by atoms with Gasteiger partial charge in [0, 0.05) is 17.5 Å². The van der Waals surface area contributed by atoms with Gasteiger partial charge in [0.2, 0.25) is 0 Å². The summed E-state index contributed by atoms with van der Waals surface area (Å²) >= 11 is 0. The van der Waals surface area contributed by atoms with Gasteiger partial charge in [0.1, 0.15) is 19.5 Å². The number of aliphatic hydroxyl groups is 1. The Bertz CT molecular complexity index is 1090. The SMILES string of the molecule is COC(=O)c1cc(C#Cc2ccc(OCCC#C[Si](C(C)C)(C(C)C)C(C)C)cc2)cc(CO)n1. The fourth-order valence-electron chi connectivity index (χ4n) is 4.60. The number of hydrogen-bond acceptors (Lipinski definition) is 5. The van der Waals surface area contributed by atoms with E-state index < -0.39 is 14.0 Å². The molecule has 0 aliphatic rings. The highest BCUT2D eigenvalue weighted by molar-refractivity contribution is 6.90. The zero-order valence-electron chi connectivity index (χ0n) is 21.9. The molecule has 0 unspecified atom stereocenters. The van der Waals surface area contributed by atoms with Crippen LogP contribution in [0.5, 0.6) is 5.75 Å². The van der Waals surface area contributed by atoms with Crippen molar-refractivity contribution in [2.45, 2.75) is 71.2 Å². The first-order chi connectivity index (χ1) is 16.6. The highest BCUT2D eigenvalue weighted by atomic mass is 28.3. The maximum Gasteiger partial charge on any atom is 0.356 e. The summed E-state index contributed by atoms with van der Waals surface area (Å²) in [7, 11) is -0.408. The molecule has 35 heavy (non-hydrogen) atoms. The predicted octanol–water partition coefficient (Wildman–Crippen LogP) is 5.75. The van der Waals surface area contributed by atoms with Crippen molar-refractivity contribution in [3.63, 3.8) is 0 Å². The summed E-state index contributed by atoms with van der Waals surface area (Å²) < 4.78 is 10.6. The third-order valence-electron chi connectivity index (χ3n) is 6.31. The molecule has 0 amide bonds. The fraction of sp³-hybridized carbons (Fsp3) is 0.448. The maximum absolute atomic E-state index is 11.8. The number of methoxy groups -OCH3 is 1. The van der Waals surface area contributed by atoms with Crippen molar-refractivity contribution in [2.75, 3.05) is 13.7 Å². The van der Waals surface area contributed by atoms with Crippen molar-refractivity contribution in [3.05, 3.63) is 58.9 Å². The van der Waals surface area contributed by atoms with Crippen molar-refractivity contribution in [1.82, 2.24) is 4.98 Å². The number of nitrogens with zero attached hydrogens (tertiary/aromatic N) is 1. The molecule has 5 nitrogen and oxygen atoms in total. The summed E-state index contributed by atoms with van der Waals surface area (Å²) in [6.45, 7) is 14.2. The molecular formula is C29H37NO4Si. The summed E-state index contributed by atoms with van der Waals surface area (Å²) in [6, 6.07) is 10.7. The Morgan fingerprint density at radius 1 is 0.971 bits per heavy atom. The lowest BCUT2D eigenvalue weighted by Gasteiger charge is -2.38. The van der Waals surface area contributed by atoms with Gasteiger partial charge in [-0.25, -0.2) is 9.78 Å². The lowest BCUT2D eigenvalue weighted by Crippen LogP contribution is -2.43. The van der Waals surface area contributed by atoms with Gasteiger partial charge in [-0.2, -0.15) is 0 Å². The fourth-order valence-corrected chi connectivity index (χ4v) is 9.89. The molecule has 2 aromatic rings. The smallest absolute Gasteiger partial charge is 0.356 e. The van der Waals surface area contributed by atoms with E-state index in [2.05, 4.69) is 69.8 Å². The number of pyridine rings is 1. The van der Waals surface area contributed by atoms with Crippen molar-refractivity contribution in [2.24, 2.45) is 0 Å². The molecule has 1 aromatic carbocycles. The molecule has 6 heteroatoms. The van der Waals surface area contributed by atoms with Gasteiger partial charge in [0.15, 0.2) is 0 Å². The van der Waals surface area contributed by atoms with Crippen molar-refractivity contribution in [3.8, 4) is 29.1 Å². The summed E-state index contributed by atoms with van der Waals surface area (Å²) in [5, 5.41) is 9.39. The largest absolute Gasteiger partial charge is 0.493 e. The first-order valence-corrected chi connectivity index (χ1v) is 14.3. The van der Waals surface area contributed by atoms with E-state index in [1.807, 2.05) is 24.3 Å². The third-order valence-corrected chi connectivity index (χ3v) is 12.6. The van der Waals surface area contributed by atoms with Gasteiger partial charge in [0.05, 0.1) is 26.0 Å². The average molecular weight is 492 g/mol. The van der Waals surface area contributed by atoms with E-state index in [1.54, 1.807) is 12.1 Å². The van der Waals surface area contributed by atoms with Gasteiger partial charge >= 0.3 is 5.97 Å². The van der Waals surface area contributed by atoms with Gasteiger partial charge in [-0.3, -0.25) is 0 Å². The first-order valence-electron chi connectivity index (χ1n) is 12.1. The summed E-state index contributed by atoms with van der Waals surface area (Å²) in [5.74, 6) is 9.71. The minimum Gasteiger partial charge on any atom is -0.493 e. The molecule has 0 saturated heterocycles. The summed E-state index contributed by atoms with van der Waals surface area (Å²) in [6.07, 6.45) is 0.709. The van der Waals surface area contributed by atoms with E-state index >= 15 is 0 Å². The molecule has 0 radical (unpaired) electrons. The van der Waals surface area contributed by atoms with E-state index in [4.69, 9.17) is 9.47 Å². The van der Waals surface area contributed by atoms with Gasteiger partial charge in [-0.1, -0.05) is 53.4 Å². The van der Waals surface area contributed by atoms with Crippen LogP contribution in [0.25, 0.3) is 0 Å². The Kier molecular flexibility index (Phi) is 10.6. The molecule has 0 aliphatic heterocycles. The second-order valence-electron chi connectivity index (χ2n) is 9.45. The van der Waals surface area contributed by atoms with Crippen LogP contribution in [-0.2, 0) is 11.3 Å². The number of hydrogen-bond donors (Lipinski definition) is 1. The van der Waals surface area contributed by atoms with Crippen LogP contribution in [0, 0.1) is 23.3 Å². The Morgan fingerprint density at radius 3 is 2.11 bits per heavy atom. The number of carbonyl (C=O) groups is 1. The molecule has 0 spiro atoms. The van der Waals surface area contributed by atoms with Gasteiger partial charge in [-0.15, -0.1) is 11.5 Å². The molecule has 0 aliphatic carbocycles. The Balaban J connectivity index is 2.03. The lowest BCUT2D eigenvalue weighted by molar-refractivity contribution is 0.0593. The van der Waals surface area contributed by atoms with Crippen LogP contribution in [0.1, 0.15) is 75.3 Å². The van der Waals surface area contributed by atoms with Crippen LogP contribution >= 0.6 is 0 Å². The van der Waals surface area contributed by atoms with E-state index in [1.165, 1.54) is 7.11 Å². The molecule has 0 atom stereocenters. The molecule has 0 saturated carbocycles. The lowest BCUT2D eigenvalue weighted by atomic mass is 10.1. The van der Waals surface area contributed by atoms with Crippen LogP contribution in [0.2, 0.25) is 16.6 Å². The molecule has 1 aromatic heterocycles. The van der Waals surface area contributed by atoms with Gasteiger partial charge < -0.3 is 14.6 Å². The minimum atomic E-state index is -1.70. The quantitative estimate of drug-likeness (QED) is 0.220. The molecule has 0 bridgehead atoms. The molecule has 0 fully saturated rings. The number of rotatable bonds is 8. The summed E-state index contributed by atoms with van der Waals surface area (Å²) in [5.41, 5.74) is 7.45. The Labute approximate surface area is 211 Å². The Hall–Kier alpha value is -3.06. The first kappa shape index (κ1) is 28.2. The predicted molar refractivity (Wildman–Crippen MR) is 143 cm³/mol. The van der Waals surface area contributed by atoms with Crippen LogP contribution in [0.4, 0.5) is 0 Å². The van der Waals surface area contributed by atoms with E-state index in [9.17, 15) is 9.90 Å². The standard InChI is InChI=1S/C29H37NO4Si/c1-21(2)35(22(3)4,23(5)6)17-9-8-16-34-27-14-12-24(13-15-27)10-11-25-18-26(20-31)30-28(19-25)29(32)33-7/h12-15,18-19,21-23,31H,8,16,20H2,1-7H3.